The van der Waals surface area contributed by atoms with Gasteiger partial charge in [-0.15, -0.1) is 4.91 Å². The van der Waals surface area contributed by atoms with Crippen LogP contribution in [0, 0.1) is 4.91 Å². The van der Waals surface area contributed by atoms with E-state index in [9.17, 15) is 14.8 Å². The van der Waals surface area contributed by atoms with Gasteiger partial charge in [0, 0.05) is 31.2 Å². The number of nitrogens with zero attached hydrogens (tertiary/aromatic N) is 1. The van der Waals surface area contributed by atoms with Crippen molar-refractivity contribution in [3.63, 3.8) is 0 Å². The Morgan fingerprint density at radius 3 is 2.44 bits per heavy atom. The summed E-state index contributed by atoms with van der Waals surface area (Å²) in [6, 6.07) is 13.9. The van der Waals surface area contributed by atoms with Gasteiger partial charge >= 0.3 is 0 Å². The van der Waals surface area contributed by atoms with Crippen LogP contribution in [0.4, 0.5) is 5.69 Å². The molecule has 1 atom stereocenters. The summed E-state index contributed by atoms with van der Waals surface area (Å²) in [7, 11) is 0. The lowest BCUT2D eigenvalue weighted by Crippen LogP contribution is -2.23. The van der Waals surface area contributed by atoms with Crippen LogP contribution in [0.2, 0.25) is 0 Å². The fourth-order valence-corrected chi connectivity index (χ4v) is 4.33. The summed E-state index contributed by atoms with van der Waals surface area (Å²) in [5, 5.41) is 17.1. The molecule has 3 N–H and O–H groups in total. The lowest BCUT2D eigenvalue weighted by atomic mass is 10.0. The van der Waals surface area contributed by atoms with Crippen molar-refractivity contribution in [2.45, 2.75) is 51.0 Å². The predicted molar refractivity (Wildman–Crippen MR) is 146 cm³/mol. The van der Waals surface area contributed by atoms with Gasteiger partial charge in [-0.25, -0.2) is 0 Å². The molecule has 0 aliphatic rings. The first-order chi connectivity index (χ1) is 17.6. The maximum Gasteiger partial charge on any atom is 0.248 e. The number of benzene rings is 2. The van der Waals surface area contributed by atoms with Gasteiger partial charge in [-0.2, -0.15) is 0 Å². The largest absolute Gasteiger partial charge is 0.506 e. The first kappa shape index (κ1) is 27.9. The normalized spacial score (nSPS) is 12.1. The molecule has 0 fully saturated rings. The highest BCUT2D eigenvalue weighted by atomic mass is 32.1. The standard InChI is InChI=1S/C27H35N3O5S/c31-24-14-12-22(23-13-15-26(32)29-27(23)24)25(35-36)19-28-16-4-1-2-5-17-34-18-6-3-7-20-8-10-21(30-33)11-9-20/h8-15,25,28,31,36H,1-7,16-19H2,(H,29,32)/t25-/m0/s1. The van der Waals surface area contributed by atoms with Crippen molar-refractivity contribution in [1.29, 1.82) is 0 Å². The minimum absolute atomic E-state index is 0.0292. The molecule has 0 unspecified atom stereocenters. The molecule has 36 heavy (non-hydrogen) atoms. The summed E-state index contributed by atoms with van der Waals surface area (Å²) < 4.78 is 11.1. The molecule has 0 aliphatic heterocycles. The maximum absolute atomic E-state index is 11.6. The minimum atomic E-state index is -0.316. The summed E-state index contributed by atoms with van der Waals surface area (Å²) in [6.07, 6.45) is 7.12. The second-order valence-electron chi connectivity index (χ2n) is 8.82. The molecule has 1 heterocycles. The van der Waals surface area contributed by atoms with Crippen LogP contribution in [0.15, 0.2) is 58.5 Å². The molecule has 2 aromatic carbocycles. The third kappa shape index (κ3) is 8.74. The average Bonchev–Trinajstić information content (AvgIpc) is 2.90. The zero-order valence-corrected chi connectivity index (χ0v) is 21.3. The second kappa shape index (κ2) is 15.4. The third-order valence-electron chi connectivity index (χ3n) is 6.15. The van der Waals surface area contributed by atoms with Crippen LogP contribution in [0.5, 0.6) is 5.75 Å². The van der Waals surface area contributed by atoms with E-state index in [0.29, 0.717) is 17.7 Å². The SMILES string of the molecule is O=Nc1ccc(CCCCOCCCCCCNC[C@H](OS)c2ccc(O)c3[nH]c(=O)ccc23)cc1. The monoisotopic (exact) mass is 513 g/mol. The van der Waals surface area contributed by atoms with E-state index >= 15 is 0 Å². The fraction of sp³-hybridized carbons (Fsp3) is 0.444. The van der Waals surface area contributed by atoms with E-state index in [2.05, 4.69) is 28.4 Å². The van der Waals surface area contributed by atoms with Crippen molar-refractivity contribution in [3.05, 3.63) is 74.9 Å². The van der Waals surface area contributed by atoms with Gasteiger partial charge in [0.1, 0.15) is 17.5 Å². The van der Waals surface area contributed by atoms with E-state index in [1.165, 1.54) is 11.6 Å². The summed E-state index contributed by atoms with van der Waals surface area (Å²) in [6.45, 7) is 3.01. The van der Waals surface area contributed by atoms with E-state index in [1.54, 1.807) is 30.3 Å². The van der Waals surface area contributed by atoms with Crippen LogP contribution in [0.25, 0.3) is 10.9 Å². The molecule has 9 heteroatoms. The van der Waals surface area contributed by atoms with Gasteiger partial charge < -0.3 is 24.3 Å². The average molecular weight is 514 g/mol. The predicted octanol–water partition coefficient (Wildman–Crippen LogP) is 5.72. The van der Waals surface area contributed by atoms with Crippen molar-refractivity contribution in [1.82, 2.24) is 10.3 Å². The Balaban J connectivity index is 1.22. The van der Waals surface area contributed by atoms with Crippen LogP contribution >= 0.6 is 12.9 Å². The summed E-state index contributed by atoms with van der Waals surface area (Å²) in [5.74, 6) is 0.0292. The molecule has 0 radical (unpaired) electrons. The van der Waals surface area contributed by atoms with Gasteiger partial charge in [0.15, 0.2) is 0 Å². The van der Waals surface area contributed by atoms with Gasteiger partial charge in [-0.3, -0.25) is 4.79 Å². The molecule has 0 amide bonds. The van der Waals surface area contributed by atoms with Gasteiger partial charge in [0.2, 0.25) is 5.56 Å². The van der Waals surface area contributed by atoms with Crippen LogP contribution in [-0.2, 0) is 15.3 Å². The third-order valence-corrected chi connectivity index (χ3v) is 6.40. The van der Waals surface area contributed by atoms with Crippen molar-refractivity contribution < 1.29 is 14.0 Å². The fourth-order valence-electron chi connectivity index (χ4n) is 4.14. The number of aryl methyl sites for hydroxylation is 1. The molecule has 8 nitrogen and oxygen atoms in total. The number of H-pyrrole nitrogens is 1. The summed E-state index contributed by atoms with van der Waals surface area (Å²) >= 11 is 4.03. The molecule has 1 aromatic heterocycles. The molecule has 0 aliphatic carbocycles. The maximum atomic E-state index is 11.6. The number of phenols is 1. The van der Waals surface area contributed by atoms with Gasteiger partial charge in [-0.1, -0.05) is 31.0 Å². The quantitative estimate of drug-likeness (QED) is 0.0794. The molecule has 0 saturated heterocycles. The Morgan fingerprint density at radius 2 is 1.69 bits per heavy atom. The number of phenolic OH excluding ortho intramolecular Hbond substituents is 1. The molecule has 0 spiro atoms. The molecule has 0 bridgehead atoms. The number of aromatic nitrogens is 1. The smallest absolute Gasteiger partial charge is 0.248 e. The zero-order chi connectivity index (χ0) is 25.6. The minimum Gasteiger partial charge on any atom is -0.506 e. The van der Waals surface area contributed by atoms with Gasteiger partial charge in [-0.05, 0) is 92.1 Å². The van der Waals surface area contributed by atoms with Crippen molar-refractivity contribution in [2.24, 2.45) is 5.18 Å². The number of hydrogen-bond donors (Lipinski definition) is 4. The lowest BCUT2D eigenvalue weighted by Gasteiger charge is -2.18. The number of ether oxygens (including phenoxy) is 1. The number of hydrogen-bond acceptors (Lipinski definition) is 8. The number of rotatable bonds is 17. The van der Waals surface area contributed by atoms with E-state index in [-0.39, 0.29) is 17.4 Å². The highest BCUT2D eigenvalue weighted by Gasteiger charge is 2.16. The van der Waals surface area contributed by atoms with Gasteiger partial charge in [0.25, 0.3) is 0 Å². The van der Waals surface area contributed by atoms with Gasteiger partial charge in [0.05, 0.1) is 5.52 Å². The van der Waals surface area contributed by atoms with E-state index in [1.807, 2.05) is 12.1 Å². The summed E-state index contributed by atoms with van der Waals surface area (Å²) in [5.41, 5.74) is 2.68. The van der Waals surface area contributed by atoms with E-state index in [4.69, 9.17) is 8.92 Å². The number of fused-ring (bicyclic) bond motifs is 1. The number of aromatic hydroxyl groups is 1. The lowest BCUT2D eigenvalue weighted by molar-refractivity contribution is 0.126. The second-order valence-corrected chi connectivity index (χ2v) is 9.04. The van der Waals surface area contributed by atoms with E-state index in [0.717, 1.165) is 75.7 Å². The number of pyridine rings is 1. The number of nitrogens with one attached hydrogen (secondary N) is 2. The topological polar surface area (TPSA) is 113 Å². The number of thiol groups is 1. The highest BCUT2D eigenvalue weighted by molar-refractivity contribution is 7.75. The first-order valence-corrected chi connectivity index (χ1v) is 12.8. The van der Waals surface area contributed by atoms with Crippen LogP contribution in [0.3, 0.4) is 0 Å². The molecular weight excluding hydrogens is 478 g/mol. The van der Waals surface area contributed by atoms with Crippen molar-refractivity contribution in [3.8, 4) is 5.75 Å². The summed E-state index contributed by atoms with van der Waals surface area (Å²) in [4.78, 5) is 24.7. The molecule has 194 valence electrons. The van der Waals surface area contributed by atoms with E-state index < -0.39 is 0 Å². The number of unbranched alkanes of at least 4 members (excludes halogenated alkanes) is 4. The Bertz CT molecular complexity index is 1140. The Kier molecular flexibility index (Phi) is 11.9. The van der Waals surface area contributed by atoms with Crippen molar-refractivity contribution in [2.75, 3.05) is 26.3 Å². The number of nitroso groups, excluding NO2 is 1. The van der Waals surface area contributed by atoms with Crippen molar-refractivity contribution >= 4 is 29.5 Å². The van der Waals surface area contributed by atoms with Crippen LogP contribution < -0.4 is 10.9 Å². The number of aromatic amines is 1. The van der Waals surface area contributed by atoms with Crippen LogP contribution in [-0.4, -0.2) is 36.4 Å². The zero-order valence-electron chi connectivity index (χ0n) is 20.4. The molecular formula is C27H35N3O5S. The van der Waals surface area contributed by atoms with Crippen LogP contribution in [0.1, 0.15) is 55.8 Å². The highest BCUT2D eigenvalue weighted by Crippen LogP contribution is 2.30. The first-order valence-electron chi connectivity index (χ1n) is 12.5. The Hall–Kier alpha value is -2.72. The molecule has 3 aromatic rings. The molecule has 0 saturated carbocycles. The molecule has 3 rings (SSSR count). The Morgan fingerprint density at radius 1 is 0.944 bits per heavy atom. The Labute approximate surface area is 217 Å².